The van der Waals surface area contributed by atoms with Gasteiger partial charge in [0, 0.05) is 29.5 Å². The van der Waals surface area contributed by atoms with Crippen molar-refractivity contribution in [2.45, 2.75) is 12.1 Å². The van der Waals surface area contributed by atoms with Gasteiger partial charge in [-0.05, 0) is 30.8 Å². The number of H-pyrrole nitrogens is 1. The summed E-state index contributed by atoms with van der Waals surface area (Å²) in [6, 6.07) is 6.55. The Kier molecular flexibility index (Phi) is 3.94. The maximum atomic E-state index is 11.9. The van der Waals surface area contributed by atoms with Crippen molar-refractivity contribution in [3.05, 3.63) is 62.1 Å². The summed E-state index contributed by atoms with van der Waals surface area (Å²) >= 11 is 0.764. The minimum atomic E-state index is -0.541. The number of nitrogens with zero attached hydrogens (tertiary/aromatic N) is 2. The first-order chi connectivity index (χ1) is 9.45. The van der Waals surface area contributed by atoms with Gasteiger partial charge in [0.15, 0.2) is 5.16 Å². The molecule has 0 spiro atoms. The summed E-state index contributed by atoms with van der Waals surface area (Å²) in [6.45, 7) is 1.65. The van der Waals surface area contributed by atoms with Crippen LogP contribution in [0.5, 0.6) is 0 Å². The molecule has 1 heterocycles. The molecule has 102 valence electrons. The number of carbonyl (C=O) groups is 1. The molecule has 1 N–H and O–H groups in total. The Morgan fingerprint density at radius 1 is 1.35 bits per heavy atom. The monoisotopic (exact) mass is 291 g/mol. The van der Waals surface area contributed by atoms with Crippen molar-refractivity contribution in [1.29, 1.82) is 0 Å². The molecule has 0 amide bonds. The maximum absolute atomic E-state index is 11.9. The van der Waals surface area contributed by atoms with E-state index in [1.54, 1.807) is 6.92 Å². The van der Waals surface area contributed by atoms with Crippen LogP contribution in [0.4, 0.5) is 5.69 Å². The van der Waals surface area contributed by atoms with E-state index in [1.165, 1.54) is 30.3 Å². The molecule has 0 aliphatic rings. The fourth-order valence-electron chi connectivity index (χ4n) is 1.47. The third-order valence-electron chi connectivity index (χ3n) is 2.35. The van der Waals surface area contributed by atoms with Gasteiger partial charge in [-0.2, -0.15) is 0 Å². The maximum Gasteiger partial charge on any atom is 0.269 e. The van der Waals surface area contributed by atoms with Crippen molar-refractivity contribution < 1.29 is 9.72 Å². The van der Waals surface area contributed by atoms with Gasteiger partial charge in [-0.25, -0.2) is 4.98 Å². The number of rotatable bonds is 3. The highest BCUT2D eigenvalue weighted by molar-refractivity contribution is 8.14. The number of thioether (sulfide) groups is 1. The predicted octanol–water partition coefficient (Wildman–Crippen LogP) is 1.92. The van der Waals surface area contributed by atoms with Crippen molar-refractivity contribution in [1.82, 2.24) is 9.97 Å². The quantitative estimate of drug-likeness (QED) is 0.401. The lowest BCUT2D eigenvalue weighted by Gasteiger charge is -2.01. The van der Waals surface area contributed by atoms with Crippen LogP contribution in [0.25, 0.3) is 0 Å². The van der Waals surface area contributed by atoms with E-state index in [4.69, 9.17) is 0 Å². The van der Waals surface area contributed by atoms with Crippen molar-refractivity contribution in [3.8, 4) is 0 Å². The first-order valence-electron chi connectivity index (χ1n) is 5.50. The van der Waals surface area contributed by atoms with Crippen LogP contribution in [-0.2, 0) is 0 Å². The van der Waals surface area contributed by atoms with Gasteiger partial charge in [0.2, 0.25) is 5.12 Å². The second-order valence-corrected chi connectivity index (χ2v) is 4.85. The summed E-state index contributed by atoms with van der Waals surface area (Å²) in [5, 5.41) is 10.4. The van der Waals surface area contributed by atoms with Crippen LogP contribution in [-0.4, -0.2) is 20.0 Å². The molecular weight excluding hydrogens is 282 g/mol. The van der Waals surface area contributed by atoms with Crippen molar-refractivity contribution in [2.75, 3.05) is 0 Å². The van der Waals surface area contributed by atoms with E-state index >= 15 is 0 Å². The van der Waals surface area contributed by atoms with E-state index in [0.29, 0.717) is 11.3 Å². The molecule has 0 radical (unpaired) electrons. The molecule has 0 saturated carbocycles. The Hall–Kier alpha value is -2.48. The lowest BCUT2D eigenvalue weighted by molar-refractivity contribution is -0.384. The molecule has 8 heteroatoms. The summed E-state index contributed by atoms with van der Waals surface area (Å²) in [5.74, 6) is 0. The molecule has 0 fully saturated rings. The zero-order chi connectivity index (χ0) is 14.7. The molecule has 0 atom stereocenters. The SMILES string of the molecule is Cc1cc(=O)[nH]c(SC(=O)c2ccc([N+](=O)[O-])cc2)n1. The molecular formula is C12H9N3O4S. The number of carbonyl (C=O) groups excluding carboxylic acids is 1. The van der Waals surface area contributed by atoms with Gasteiger partial charge >= 0.3 is 0 Å². The Labute approximate surface area is 117 Å². The van der Waals surface area contributed by atoms with E-state index in [1.807, 2.05) is 0 Å². The summed E-state index contributed by atoms with van der Waals surface area (Å²) in [5.41, 5.74) is 0.377. The number of nitro groups is 1. The third-order valence-corrected chi connectivity index (χ3v) is 3.16. The number of hydrogen-bond acceptors (Lipinski definition) is 6. The highest BCUT2D eigenvalue weighted by Gasteiger charge is 2.12. The first kappa shape index (κ1) is 13.9. The summed E-state index contributed by atoms with van der Waals surface area (Å²) < 4.78 is 0. The molecule has 2 aromatic rings. The fourth-order valence-corrected chi connectivity index (χ4v) is 2.24. The Balaban J connectivity index is 2.19. The number of nitrogens with one attached hydrogen (secondary N) is 1. The molecule has 1 aromatic heterocycles. The Bertz CT molecular complexity index is 724. The van der Waals surface area contributed by atoms with Crippen LogP contribution in [0.1, 0.15) is 16.1 Å². The van der Waals surface area contributed by atoms with Crippen LogP contribution >= 0.6 is 11.8 Å². The molecule has 0 saturated heterocycles. The van der Waals surface area contributed by atoms with Gasteiger partial charge in [0.05, 0.1) is 4.92 Å². The standard InChI is InChI=1S/C12H9N3O4S/c1-7-6-10(16)14-12(13-7)20-11(17)8-2-4-9(5-3-8)15(18)19/h2-6H,1H3,(H,13,14,16). The van der Waals surface area contributed by atoms with Crippen LogP contribution in [0, 0.1) is 17.0 Å². The minimum absolute atomic E-state index is 0.0892. The van der Waals surface area contributed by atoms with E-state index in [-0.39, 0.29) is 21.5 Å². The third kappa shape index (κ3) is 3.29. The van der Waals surface area contributed by atoms with Gasteiger partial charge in [-0.1, -0.05) is 0 Å². The molecule has 1 aromatic carbocycles. The number of aromatic amines is 1. The largest absolute Gasteiger partial charge is 0.301 e. The number of non-ortho nitro benzene ring substituents is 1. The van der Waals surface area contributed by atoms with Crippen LogP contribution < -0.4 is 5.56 Å². The van der Waals surface area contributed by atoms with Crippen LogP contribution in [0.3, 0.4) is 0 Å². The van der Waals surface area contributed by atoms with E-state index in [0.717, 1.165) is 11.8 Å². The summed E-state index contributed by atoms with van der Waals surface area (Å²) in [6.07, 6.45) is 0. The molecule has 0 aliphatic heterocycles. The van der Waals surface area contributed by atoms with E-state index in [9.17, 15) is 19.7 Å². The smallest absolute Gasteiger partial charge is 0.269 e. The Morgan fingerprint density at radius 2 is 2.00 bits per heavy atom. The number of hydrogen-bond donors (Lipinski definition) is 1. The zero-order valence-electron chi connectivity index (χ0n) is 10.3. The highest BCUT2D eigenvalue weighted by atomic mass is 32.2. The molecule has 0 bridgehead atoms. The van der Waals surface area contributed by atoms with Gasteiger partial charge in [-0.3, -0.25) is 19.7 Å². The zero-order valence-corrected chi connectivity index (χ0v) is 11.1. The van der Waals surface area contributed by atoms with E-state index < -0.39 is 4.92 Å². The molecule has 0 aliphatic carbocycles. The predicted molar refractivity (Wildman–Crippen MR) is 72.9 cm³/mol. The molecule has 20 heavy (non-hydrogen) atoms. The normalized spacial score (nSPS) is 10.2. The van der Waals surface area contributed by atoms with Gasteiger partial charge < -0.3 is 4.98 Å². The number of nitro benzene ring substituents is 1. The number of benzene rings is 1. The van der Waals surface area contributed by atoms with Gasteiger partial charge in [0.1, 0.15) is 0 Å². The topological polar surface area (TPSA) is 106 Å². The average Bonchev–Trinajstić information content (AvgIpc) is 2.37. The summed E-state index contributed by atoms with van der Waals surface area (Å²) in [7, 11) is 0. The van der Waals surface area contributed by atoms with Crippen LogP contribution in [0.2, 0.25) is 0 Å². The molecule has 7 nitrogen and oxygen atoms in total. The average molecular weight is 291 g/mol. The molecule has 0 unspecified atom stereocenters. The summed E-state index contributed by atoms with van der Waals surface area (Å²) in [4.78, 5) is 39.6. The van der Waals surface area contributed by atoms with Crippen molar-refractivity contribution >= 4 is 22.6 Å². The first-order valence-corrected chi connectivity index (χ1v) is 6.32. The lowest BCUT2D eigenvalue weighted by atomic mass is 10.2. The molecule has 2 rings (SSSR count). The van der Waals surface area contributed by atoms with Gasteiger partial charge in [-0.15, -0.1) is 0 Å². The number of aryl methyl sites for hydroxylation is 1. The van der Waals surface area contributed by atoms with Gasteiger partial charge in [0.25, 0.3) is 11.2 Å². The van der Waals surface area contributed by atoms with Crippen LogP contribution in [0.15, 0.2) is 40.3 Å². The fraction of sp³-hybridized carbons (Fsp3) is 0.0833. The number of aromatic nitrogens is 2. The second kappa shape index (κ2) is 5.66. The lowest BCUT2D eigenvalue weighted by Crippen LogP contribution is -2.09. The van der Waals surface area contributed by atoms with Crippen molar-refractivity contribution in [2.24, 2.45) is 0 Å². The Morgan fingerprint density at radius 3 is 2.55 bits per heavy atom. The van der Waals surface area contributed by atoms with Crippen molar-refractivity contribution in [3.63, 3.8) is 0 Å². The second-order valence-electron chi connectivity index (χ2n) is 3.89. The highest BCUT2D eigenvalue weighted by Crippen LogP contribution is 2.20. The minimum Gasteiger partial charge on any atom is -0.301 e. The van der Waals surface area contributed by atoms with E-state index in [2.05, 4.69) is 9.97 Å².